The fraction of sp³-hybridized carbons (Fsp3) is 0.800. The Kier molecular flexibility index (Phi) is 37.7. The molecule has 0 saturated heterocycles. The van der Waals surface area contributed by atoms with Crippen molar-refractivity contribution < 1.29 is 36.7 Å². The molecule has 0 aromatic rings. The Morgan fingerprint density at radius 2 is 1.09 bits per heavy atom. The van der Waals surface area contributed by atoms with Gasteiger partial charge in [-0.3, -0.25) is 9.00 Å². The van der Waals surface area contributed by atoms with E-state index in [-0.39, 0.29) is 0 Å². The Balaban J connectivity index is -0.0000000672. The van der Waals surface area contributed by atoms with Crippen molar-refractivity contribution in [1.29, 1.82) is 0 Å². The standard InChI is InChI=1S/C3H8N2O.C3H7NO2.C3H7NO.C2H8N2O2S.C2H7NO2S.C2H7N/c1-5(2)3(4)6;1-4(2)3(5)6;1-4(2)3-5;1-4(2)7(3,5)6;1-3(2)6(4)5;1-3-2/h1-2H3,(H2,4,6);1-2H3,(H,5,6);3H,1-2H3;1-2H3,(H2,3,5,6);1-2H3,(H,4,5);3H,1-2H3/p-1. The van der Waals surface area contributed by atoms with Gasteiger partial charge in [0.2, 0.25) is 6.41 Å². The van der Waals surface area contributed by atoms with Gasteiger partial charge in [0.15, 0.2) is 0 Å². The molecule has 0 radical (unpaired) electrons. The van der Waals surface area contributed by atoms with Crippen LogP contribution < -0.4 is 16.2 Å². The maximum absolute atomic E-state index is 10.0. The zero-order chi connectivity index (χ0) is 28.5. The van der Waals surface area contributed by atoms with E-state index >= 15 is 0 Å². The minimum absolute atomic E-state index is 0.407. The van der Waals surface area contributed by atoms with Crippen molar-refractivity contribution in [1.82, 2.24) is 28.6 Å². The SMILES string of the molecule is CN(C)C(=O)O.CN(C)C(N)=O.CN(C)C=O.CN(C)S(=O)[O-].CN(C)S(N)(=O)=O.CNC. The van der Waals surface area contributed by atoms with Gasteiger partial charge in [0.1, 0.15) is 0 Å². The van der Waals surface area contributed by atoms with Crippen LogP contribution in [0.15, 0.2) is 0 Å². The van der Waals surface area contributed by atoms with Gasteiger partial charge in [-0.25, -0.2) is 19.0 Å². The number of rotatable bonds is 3. The summed E-state index contributed by atoms with van der Waals surface area (Å²) < 4.78 is 41.3. The largest absolute Gasteiger partial charge is 0.760 e. The summed E-state index contributed by atoms with van der Waals surface area (Å²) >= 11 is -2.03. The third kappa shape index (κ3) is 72.6. The van der Waals surface area contributed by atoms with E-state index in [9.17, 15) is 31.6 Å². The molecule has 0 aliphatic rings. The Bertz CT molecular complexity index is 558. The molecule has 0 rings (SSSR count). The van der Waals surface area contributed by atoms with Crippen molar-refractivity contribution in [2.45, 2.75) is 0 Å². The molecular formula is C15H43N8O8S2-. The van der Waals surface area contributed by atoms with Gasteiger partial charge < -0.3 is 35.4 Å². The first-order chi connectivity index (χ1) is 14.6. The summed E-state index contributed by atoms with van der Waals surface area (Å²) in [6.07, 6.45) is -0.157. The molecule has 6 N–H and O–H groups in total. The molecule has 0 bridgehead atoms. The minimum atomic E-state index is -3.41. The van der Waals surface area contributed by atoms with E-state index < -0.39 is 33.6 Å². The van der Waals surface area contributed by atoms with Gasteiger partial charge in [-0.05, 0) is 28.2 Å². The number of nitrogens with zero attached hydrogens (tertiary/aromatic N) is 5. The zero-order valence-electron chi connectivity index (χ0n) is 21.6. The van der Waals surface area contributed by atoms with Crippen LogP contribution in [0.3, 0.4) is 0 Å². The van der Waals surface area contributed by atoms with Gasteiger partial charge in [0, 0.05) is 67.6 Å². The second-order valence-electron chi connectivity index (χ2n) is 6.34. The lowest BCUT2D eigenvalue weighted by Gasteiger charge is -2.10. The molecule has 0 aliphatic carbocycles. The number of nitrogens with two attached hydrogens (primary N) is 2. The molecule has 16 nitrogen and oxygen atoms in total. The number of amides is 4. The summed E-state index contributed by atoms with van der Waals surface area (Å²) in [6, 6.07) is -0.407. The summed E-state index contributed by atoms with van der Waals surface area (Å²) in [5.74, 6) is 0. The van der Waals surface area contributed by atoms with Crippen molar-refractivity contribution >= 4 is 40.0 Å². The van der Waals surface area contributed by atoms with E-state index in [0.29, 0.717) is 0 Å². The summed E-state index contributed by atoms with van der Waals surface area (Å²) in [4.78, 5) is 32.7. The number of carbonyl (C=O) groups is 3. The minimum Gasteiger partial charge on any atom is -0.760 e. The maximum Gasteiger partial charge on any atom is 0.406 e. The quantitative estimate of drug-likeness (QED) is 0.224. The molecule has 0 aromatic heterocycles. The van der Waals surface area contributed by atoms with Crippen LogP contribution >= 0.6 is 0 Å². The van der Waals surface area contributed by atoms with Crippen LogP contribution in [0.4, 0.5) is 9.59 Å². The highest BCUT2D eigenvalue weighted by Gasteiger charge is 2.01. The molecule has 4 amide bonds. The van der Waals surface area contributed by atoms with Crippen LogP contribution in [-0.2, 0) is 26.3 Å². The normalized spacial score (nSPS) is 9.82. The highest BCUT2D eigenvalue weighted by Crippen LogP contribution is 1.77. The molecule has 33 heavy (non-hydrogen) atoms. The summed E-state index contributed by atoms with van der Waals surface area (Å²) in [6.45, 7) is 0. The van der Waals surface area contributed by atoms with Crippen LogP contribution in [-0.4, -0.2) is 149 Å². The van der Waals surface area contributed by atoms with Crippen molar-refractivity contribution in [3.05, 3.63) is 0 Å². The lowest BCUT2D eigenvalue weighted by Crippen LogP contribution is -2.29. The Labute approximate surface area is 201 Å². The van der Waals surface area contributed by atoms with Crippen molar-refractivity contribution in [3.8, 4) is 0 Å². The molecule has 0 aliphatic heterocycles. The first-order valence-corrected chi connectivity index (χ1v) is 11.1. The average molecular weight is 528 g/mol. The molecule has 0 heterocycles. The predicted octanol–water partition coefficient (Wildman–Crippen LogP) is -2.51. The fourth-order valence-corrected chi connectivity index (χ4v) is 0. The number of carboxylic acid groups (broad SMARTS) is 1. The Morgan fingerprint density at radius 1 is 0.939 bits per heavy atom. The van der Waals surface area contributed by atoms with Crippen molar-refractivity contribution in [2.75, 3.05) is 84.6 Å². The zero-order valence-corrected chi connectivity index (χ0v) is 23.2. The highest BCUT2D eigenvalue weighted by molar-refractivity contribution is 7.86. The highest BCUT2D eigenvalue weighted by atomic mass is 32.2. The topological polar surface area (TPSA) is 226 Å². The number of carbonyl (C=O) groups excluding carboxylic acids is 2. The number of hydrogen-bond acceptors (Lipinski definition) is 8. The fourth-order valence-electron chi connectivity index (χ4n) is 0. The van der Waals surface area contributed by atoms with Crippen molar-refractivity contribution in [2.24, 2.45) is 10.9 Å². The van der Waals surface area contributed by atoms with Crippen LogP contribution in [0.2, 0.25) is 0 Å². The van der Waals surface area contributed by atoms with Gasteiger partial charge in [-0.15, -0.1) is 0 Å². The van der Waals surface area contributed by atoms with E-state index in [0.717, 1.165) is 19.9 Å². The van der Waals surface area contributed by atoms with Gasteiger partial charge in [0.05, 0.1) is 0 Å². The van der Waals surface area contributed by atoms with E-state index in [1.165, 1.54) is 52.1 Å². The van der Waals surface area contributed by atoms with Crippen LogP contribution in [0.5, 0.6) is 0 Å². The molecule has 18 heteroatoms. The van der Waals surface area contributed by atoms with Crippen LogP contribution in [0.1, 0.15) is 0 Å². The molecule has 204 valence electrons. The second kappa shape index (κ2) is 27.9. The molecule has 1 atom stereocenters. The van der Waals surface area contributed by atoms with E-state index in [1.807, 2.05) is 14.1 Å². The third-order valence-electron chi connectivity index (χ3n) is 1.84. The van der Waals surface area contributed by atoms with Gasteiger partial charge in [-0.2, -0.15) is 12.7 Å². The average Bonchev–Trinajstić information content (AvgIpc) is 2.63. The van der Waals surface area contributed by atoms with Crippen molar-refractivity contribution in [3.63, 3.8) is 0 Å². The van der Waals surface area contributed by atoms with Gasteiger partial charge in [0.25, 0.3) is 10.2 Å². The van der Waals surface area contributed by atoms with Gasteiger partial charge >= 0.3 is 12.1 Å². The summed E-state index contributed by atoms with van der Waals surface area (Å²) in [5.41, 5.74) is 4.72. The number of hydrogen-bond donors (Lipinski definition) is 4. The lowest BCUT2D eigenvalue weighted by atomic mass is 10.9. The smallest absolute Gasteiger partial charge is 0.406 e. The molecular weight excluding hydrogens is 484 g/mol. The lowest BCUT2D eigenvalue weighted by molar-refractivity contribution is -0.115. The van der Waals surface area contributed by atoms with E-state index in [4.69, 9.17) is 10.8 Å². The summed E-state index contributed by atoms with van der Waals surface area (Å²) in [5, 5.41) is 15.2. The number of urea groups is 1. The predicted molar refractivity (Wildman–Crippen MR) is 129 cm³/mol. The molecule has 0 fully saturated rings. The first kappa shape index (κ1) is 44.6. The van der Waals surface area contributed by atoms with E-state index in [2.05, 4.69) is 10.5 Å². The van der Waals surface area contributed by atoms with Crippen LogP contribution in [0, 0.1) is 0 Å². The number of nitrogens with one attached hydrogen (secondary N) is 1. The molecule has 0 aromatic carbocycles. The summed E-state index contributed by atoms with van der Waals surface area (Å²) in [7, 11) is 15.5. The Hall–Kier alpha value is -2.09. The maximum atomic E-state index is 10.0. The molecule has 0 spiro atoms. The molecule has 1 unspecified atom stereocenters. The monoisotopic (exact) mass is 527 g/mol. The molecule has 0 saturated carbocycles. The van der Waals surface area contributed by atoms with Crippen LogP contribution in [0.25, 0.3) is 0 Å². The van der Waals surface area contributed by atoms with E-state index in [1.54, 1.807) is 28.2 Å². The third-order valence-corrected chi connectivity index (χ3v) is 3.46. The first-order valence-electron chi connectivity index (χ1n) is 8.60. The second-order valence-corrected chi connectivity index (χ2v) is 9.26. The van der Waals surface area contributed by atoms with Gasteiger partial charge in [-0.1, -0.05) is 0 Å². The Morgan fingerprint density at radius 3 is 1.09 bits per heavy atom. The number of primary amides is 1.